The first-order chi connectivity index (χ1) is 6.49. The van der Waals surface area contributed by atoms with Crippen molar-refractivity contribution in [2.24, 2.45) is 0 Å². The Labute approximate surface area is 88.6 Å². The molecule has 2 nitrogen and oxygen atoms in total. The molecule has 0 radical (unpaired) electrons. The van der Waals surface area contributed by atoms with Crippen LogP contribution in [0.2, 0.25) is 0 Å². The molecular weight excluding hydrogens is 174 g/mol. The van der Waals surface area contributed by atoms with Crippen LogP contribution < -0.4 is 0 Å². The standard InChI is InChI=1S/C12H25NO/c1-12(2,3)14-10-6-9-13(4)11-7-5-8-11/h11H,5-10H2,1-4H3. The van der Waals surface area contributed by atoms with E-state index in [4.69, 9.17) is 4.74 Å². The van der Waals surface area contributed by atoms with Gasteiger partial charge >= 0.3 is 0 Å². The Morgan fingerprint density at radius 2 is 1.93 bits per heavy atom. The van der Waals surface area contributed by atoms with Gasteiger partial charge in [-0.25, -0.2) is 0 Å². The Bertz CT molecular complexity index is 158. The molecule has 0 bridgehead atoms. The minimum Gasteiger partial charge on any atom is -0.376 e. The van der Waals surface area contributed by atoms with E-state index in [9.17, 15) is 0 Å². The molecule has 0 aromatic rings. The molecule has 1 aliphatic carbocycles. The molecule has 0 aromatic carbocycles. The van der Waals surface area contributed by atoms with Crippen LogP contribution in [0.4, 0.5) is 0 Å². The van der Waals surface area contributed by atoms with Gasteiger partial charge in [-0.2, -0.15) is 0 Å². The van der Waals surface area contributed by atoms with E-state index in [0.29, 0.717) is 0 Å². The van der Waals surface area contributed by atoms with Crippen molar-refractivity contribution in [1.82, 2.24) is 4.90 Å². The number of ether oxygens (including phenoxy) is 1. The van der Waals surface area contributed by atoms with Gasteiger partial charge in [-0.15, -0.1) is 0 Å². The molecule has 0 atom stereocenters. The highest BCUT2D eigenvalue weighted by Gasteiger charge is 2.21. The minimum absolute atomic E-state index is 0.0229. The van der Waals surface area contributed by atoms with Crippen LogP contribution in [0, 0.1) is 0 Å². The molecule has 0 aromatic heterocycles. The summed E-state index contributed by atoms with van der Waals surface area (Å²) in [5, 5.41) is 0. The van der Waals surface area contributed by atoms with Gasteiger partial charge in [0, 0.05) is 19.2 Å². The topological polar surface area (TPSA) is 12.5 Å². The smallest absolute Gasteiger partial charge is 0.0598 e. The lowest BCUT2D eigenvalue weighted by atomic mass is 9.92. The van der Waals surface area contributed by atoms with E-state index >= 15 is 0 Å². The van der Waals surface area contributed by atoms with Crippen LogP contribution in [0.3, 0.4) is 0 Å². The molecule has 14 heavy (non-hydrogen) atoms. The summed E-state index contributed by atoms with van der Waals surface area (Å²) < 4.78 is 5.68. The van der Waals surface area contributed by atoms with E-state index in [0.717, 1.165) is 19.1 Å². The SMILES string of the molecule is CN(CCCOC(C)(C)C)C1CCC1. The van der Waals surface area contributed by atoms with Gasteiger partial charge in [-0.1, -0.05) is 6.42 Å². The van der Waals surface area contributed by atoms with Gasteiger partial charge in [0.1, 0.15) is 0 Å². The number of hydrogen-bond acceptors (Lipinski definition) is 2. The van der Waals surface area contributed by atoms with Gasteiger partial charge in [0.15, 0.2) is 0 Å². The third-order valence-electron chi connectivity index (χ3n) is 2.89. The van der Waals surface area contributed by atoms with E-state index in [1.807, 2.05) is 0 Å². The first-order valence-electron chi connectivity index (χ1n) is 5.83. The van der Waals surface area contributed by atoms with Crippen LogP contribution in [-0.4, -0.2) is 36.7 Å². The molecule has 1 saturated carbocycles. The summed E-state index contributed by atoms with van der Waals surface area (Å²) in [4.78, 5) is 2.48. The van der Waals surface area contributed by atoms with Crippen molar-refractivity contribution in [2.75, 3.05) is 20.2 Å². The van der Waals surface area contributed by atoms with E-state index in [1.54, 1.807) is 0 Å². The maximum absolute atomic E-state index is 5.68. The summed E-state index contributed by atoms with van der Waals surface area (Å²) in [6, 6.07) is 0.865. The maximum atomic E-state index is 5.68. The second kappa shape index (κ2) is 5.13. The zero-order valence-corrected chi connectivity index (χ0v) is 10.2. The van der Waals surface area contributed by atoms with Gasteiger partial charge in [0.2, 0.25) is 0 Å². The molecule has 1 aliphatic rings. The number of nitrogens with zero attached hydrogens (tertiary/aromatic N) is 1. The molecule has 0 amide bonds. The lowest BCUT2D eigenvalue weighted by Crippen LogP contribution is -2.38. The van der Waals surface area contributed by atoms with E-state index in [2.05, 4.69) is 32.7 Å². The van der Waals surface area contributed by atoms with Gasteiger partial charge in [0.05, 0.1) is 5.60 Å². The van der Waals surface area contributed by atoms with Gasteiger partial charge in [-0.3, -0.25) is 0 Å². The van der Waals surface area contributed by atoms with Crippen molar-refractivity contribution in [1.29, 1.82) is 0 Å². The second-order valence-electron chi connectivity index (χ2n) is 5.38. The predicted octanol–water partition coefficient (Wildman–Crippen LogP) is 2.68. The molecule has 2 heteroatoms. The second-order valence-corrected chi connectivity index (χ2v) is 5.38. The first-order valence-corrected chi connectivity index (χ1v) is 5.83. The molecule has 1 fully saturated rings. The fraction of sp³-hybridized carbons (Fsp3) is 1.00. The predicted molar refractivity (Wildman–Crippen MR) is 60.6 cm³/mol. The Morgan fingerprint density at radius 1 is 1.29 bits per heavy atom. The summed E-state index contributed by atoms with van der Waals surface area (Å²) in [5.41, 5.74) is 0.0229. The molecule has 0 unspecified atom stereocenters. The quantitative estimate of drug-likeness (QED) is 0.631. The highest BCUT2D eigenvalue weighted by Crippen LogP contribution is 2.23. The summed E-state index contributed by atoms with van der Waals surface area (Å²) >= 11 is 0. The Hall–Kier alpha value is -0.0800. The van der Waals surface area contributed by atoms with Crippen LogP contribution >= 0.6 is 0 Å². The van der Waals surface area contributed by atoms with Crippen molar-refractivity contribution in [3.05, 3.63) is 0 Å². The van der Waals surface area contributed by atoms with Crippen molar-refractivity contribution in [3.8, 4) is 0 Å². The summed E-state index contributed by atoms with van der Waals surface area (Å²) in [6.45, 7) is 8.41. The van der Waals surface area contributed by atoms with E-state index < -0.39 is 0 Å². The highest BCUT2D eigenvalue weighted by atomic mass is 16.5. The third kappa shape index (κ3) is 4.43. The summed E-state index contributed by atoms with van der Waals surface area (Å²) in [5.74, 6) is 0. The molecule has 0 spiro atoms. The molecule has 0 saturated heterocycles. The Morgan fingerprint density at radius 3 is 2.36 bits per heavy atom. The Balaban J connectivity index is 1.97. The number of hydrogen-bond donors (Lipinski definition) is 0. The fourth-order valence-corrected chi connectivity index (χ4v) is 1.70. The van der Waals surface area contributed by atoms with Crippen LogP contribution in [0.25, 0.3) is 0 Å². The number of rotatable bonds is 5. The Kier molecular flexibility index (Phi) is 4.39. The molecular formula is C12H25NO. The van der Waals surface area contributed by atoms with Crippen LogP contribution in [0.5, 0.6) is 0 Å². The molecule has 0 aliphatic heterocycles. The van der Waals surface area contributed by atoms with Crippen LogP contribution in [0.1, 0.15) is 46.5 Å². The lowest BCUT2D eigenvalue weighted by molar-refractivity contribution is -0.00842. The zero-order chi connectivity index (χ0) is 10.6. The maximum Gasteiger partial charge on any atom is 0.0598 e. The average molecular weight is 199 g/mol. The average Bonchev–Trinajstić information content (AvgIpc) is 1.92. The zero-order valence-electron chi connectivity index (χ0n) is 10.2. The van der Waals surface area contributed by atoms with Gasteiger partial charge in [0.25, 0.3) is 0 Å². The van der Waals surface area contributed by atoms with Crippen molar-refractivity contribution in [3.63, 3.8) is 0 Å². The van der Waals surface area contributed by atoms with Crippen molar-refractivity contribution >= 4 is 0 Å². The molecule has 1 rings (SSSR count). The minimum atomic E-state index is 0.0229. The van der Waals surface area contributed by atoms with Gasteiger partial charge < -0.3 is 9.64 Å². The molecule has 84 valence electrons. The normalized spacial score (nSPS) is 18.6. The monoisotopic (exact) mass is 199 g/mol. The van der Waals surface area contributed by atoms with Gasteiger partial charge in [-0.05, 0) is 47.1 Å². The lowest BCUT2D eigenvalue weighted by Gasteiger charge is -2.34. The van der Waals surface area contributed by atoms with Crippen LogP contribution in [0.15, 0.2) is 0 Å². The molecule has 0 N–H and O–H groups in total. The largest absolute Gasteiger partial charge is 0.376 e. The summed E-state index contributed by atoms with van der Waals surface area (Å²) in [7, 11) is 2.24. The first kappa shape index (κ1) is 12.0. The van der Waals surface area contributed by atoms with Crippen molar-refractivity contribution in [2.45, 2.75) is 58.1 Å². The highest BCUT2D eigenvalue weighted by molar-refractivity contribution is 4.77. The van der Waals surface area contributed by atoms with Crippen LogP contribution in [-0.2, 0) is 4.74 Å². The third-order valence-corrected chi connectivity index (χ3v) is 2.89. The summed E-state index contributed by atoms with van der Waals surface area (Å²) in [6.07, 6.45) is 5.38. The van der Waals surface area contributed by atoms with E-state index in [-0.39, 0.29) is 5.60 Å². The van der Waals surface area contributed by atoms with E-state index in [1.165, 1.54) is 25.8 Å². The fourth-order valence-electron chi connectivity index (χ4n) is 1.70. The van der Waals surface area contributed by atoms with Crippen molar-refractivity contribution < 1.29 is 4.74 Å². The molecule has 0 heterocycles.